The first-order valence-corrected chi connectivity index (χ1v) is 5.27. The van der Waals surface area contributed by atoms with Crippen LogP contribution in [0.5, 0.6) is 0 Å². The van der Waals surface area contributed by atoms with Crippen molar-refractivity contribution in [2.45, 2.75) is 19.8 Å². The average molecular weight is 206 g/mol. The molecule has 0 N–H and O–H groups in total. The first-order valence-electron chi connectivity index (χ1n) is 5.27. The second kappa shape index (κ2) is 6.36. The highest BCUT2D eigenvalue weighted by Crippen LogP contribution is 2.07. The van der Waals surface area contributed by atoms with Crippen LogP contribution in [0.1, 0.15) is 18.9 Å². The number of carbonyl (C=O) groups is 1. The number of rotatable bonds is 6. The Kier molecular flexibility index (Phi) is 5.05. The number of ketones is 1. The van der Waals surface area contributed by atoms with E-state index in [1.807, 2.05) is 37.3 Å². The van der Waals surface area contributed by atoms with E-state index in [4.69, 9.17) is 4.74 Å². The van der Waals surface area contributed by atoms with Gasteiger partial charge >= 0.3 is 0 Å². The minimum Gasteiger partial charge on any atom is -0.384 e. The van der Waals surface area contributed by atoms with Crippen molar-refractivity contribution in [1.82, 2.24) is 0 Å². The monoisotopic (exact) mass is 206 g/mol. The molecule has 0 aliphatic carbocycles. The molecule has 0 aromatic heterocycles. The van der Waals surface area contributed by atoms with Gasteiger partial charge in [-0.05, 0) is 11.5 Å². The molecular formula is C13H18O2. The van der Waals surface area contributed by atoms with E-state index in [9.17, 15) is 4.79 Å². The lowest BCUT2D eigenvalue weighted by Gasteiger charge is -2.08. The number of ether oxygens (including phenoxy) is 1. The van der Waals surface area contributed by atoms with Crippen molar-refractivity contribution in [3.63, 3.8) is 0 Å². The van der Waals surface area contributed by atoms with E-state index in [1.165, 1.54) is 0 Å². The van der Waals surface area contributed by atoms with Gasteiger partial charge in [0.1, 0.15) is 5.78 Å². The number of Topliss-reactive ketones (excluding diaryl/α,β-unsaturated/α-hetero) is 1. The van der Waals surface area contributed by atoms with Crippen molar-refractivity contribution in [3.05, 3.63) is 35.9 Å². The van der Waals surface area contributed by atoms with Crippen LogP contribution in [0.15, 0.2) is 30.3 Å². The Balaban J connectivity index is 2.36. The van der Waals surface area contributed by atoms with Gasteiger partial charge in [0.05, 0.1) is 0 Å². The molecule has 0 spiro atoms. The molecule has 0 amide bonds. The lowest BCUT2D eigenvalue weighted by molar-refractivity contribution is -0.119. The molecule has 82 valence electrons. The molecule has 1 aromatic rings. The van der Waals surface area contributed by atoms with Gasteiger partial charge in [-0.15, -0.1) is 0 Å². The van der Waals surface area contributed by atoms with Gasteiger partial charge in [-0.1, -0.05) is 37.3 Å². The van der Waals surface area contributed by atoms with E-state index in [0.717, 1.165) is 5.56 Å². The van der Waals surface area contributed by atoms with E-state index in [0.29, 0.717) is 25.4 Å². The Labute approximate surface area is 91.3 Å². The fraction of sp³-hybridized carbons (Fsp3) is 0.462. The maximum Gasteiger partial charge on any atom is 0.137 e. The second-order valence-corrected chi connectivity index (χ2v) is 3.97. The minimum atomic E-state index is 0.283. The lowest BCUT2D eigenvalue weighted by atomic mass is 10.0. The van der Waals surface area contributed by atoms with Gasteiger partial charge in [0.15, 0.2) is 0 Å². The molecule has 1 aromatic carbocycles. The zero-order valence-corrected chi connectivity index (χ0v) is 9.40. The fourth-order valence-electron chi connectivity index (χ4n) is 1.63. The Bertz CT molecular complexity index is 293. The minimum absolute atomic E-state index is 0.283. The smallest absolute Gasteiger partial charge is 0.137 e. The first-order chi connectivity index (χ1) is 7.22. The highest BCUT2D eigenvalue weighted by Gasteiger charge is 2.09. The average Bonchev–Trinajstić information content (AvgIpc) is 2.19. The van der Waals surface area contributed by atoms with Gasteiger partial charge < -0.3 is 4.74 Å². The van der Waals surface area contributed by atoms with Crippen LogP contribution in [0.4, 0.5) is 0 Å². The van der Waals surface area contributed by atoms with Crippen LogP contribution in [0.3, 0.4) is 0 Å². The largest absolute Gasteiger partial charge is 0.384 e. The zero-order chi connectivity index (χ0) is 11.1. The Morgan fingerprint density at radius 3 is 2.60 bits per heavy atom. The SMILES string of the molecule is COCC(C)CC(=O)Cc1ccccc1. The summed E-state index contributed by atoms with van der Waals surface area (Å²) in [5, 5.41) is 0. The number of hydrogen-bond donors (Lipinski definition) is 0. The van der Waals surface area contributed by atoms with Gasteiger partial charge in [-0.25, -0.2) is 0 Å². The first kappa shape index (κ1) is 11.9. The number of methoxy groups -OCH3 is 1. The molecule has 0 saturated heterocycles. The third kappa shape index (κ3) is 4.75. The van der Waals surface area contributed by atoms with Crippen LogP contribution >= 0.6 is 0 Å². The van der Waals surface area contributed by atoms with E-state index < -0.39 is 0 Å². The predicted molar refractivity (Wildman–Crippen MR) is 60.8 cm³/mol. The quantitative estimate of drug-likeness (QED) is 0.714. The van der Waals surface area contributed by atoms with E-state index in [2.05, 4.69) is 0 Å². The lowest BCUT2D eigenvalue weighted by Crippen LogP contribution is -2.12. The van der Waals surface area contributed by atoms with Crippen LogP contribution in [0, 0.1) is 5.92 Å². The highest BCUT2D eigenvalue weighted by atomic mass is 16.5. The number of hydrogen-bond acceptors (Lipinski definition) is 2. The van der Waals surface area contributed by atoms with Crippen molar-refractivity contribution in [1.29, 1.82) is 0 Å². The third-order valence-corrected chi connectivity index (χ3v) is 2.27. The molecule has 0 radical (unpaired) electrons. The van der Waals surface area contributed by atoms with E-state index in [1.54, 1.807) is 7.11 Å². The van der Waals surface area contributed by atoms with Crippen LogP contribution in [0.25, 0.3) is 0 Å². The molecule has 0 aliphatic heterocycles. The Morgan fingerprint density at radius 2 is 2.00 bits per heavy atom. The standard InChI is InChI=1S/C13H18O2/c1-11(10-15-2)8-13(14)9-12-6-4-3-5-7-12/h3-7,11H,8-10H2,1-2H3. The molecule has 0 fully saturated rings. The van der Waals surface area contributed by atoms with Gasteiger partial charge in [0.25, 0.3) is 0 Å². The third-order valence-electron chi connectivity index (χ3n) is 2.27. The summed E-state index contributed by atoms with van der Waals surface area (Å²) in [5.41, 5.74) is 1.09. The van der Waals surface area contributed by atoms with Crippen LogP contribution in [0.2, 0.25) is 0 Å². The van der Waals surface area contributed by atoms with Gasteiger partial charge in [0, 0.05) is 26.6 Å². The predicted octanol–water partition coefficient (Wildman–Crippen LogP) is 2.47. The summed E-state index contributed by atoms with van der Waals surface area (Å²) < 4.78 is 5.00. The van der Waals surface area contributed by atoms with E-state index >= 15 is 0 Å². The molecule has 0 saturated carbocycles. The topological polar surface area (TPSA) is 26.3 Å². The van der Waals surface area contributed by atoms with Crippen molar-refractivity contribution < 1.29 is 9.53 Å². The summed E-state index contributed by atoms with van der Waals surface area (Å²) >= 11 is 0. The van der Waals surface area contributed by atoms with Crippen molar-refractivity contribution in [3.8, 4) is 0 Å². The molecule has 1 unspecified atom stereocenters. The molecule has 1 rings (SSSR count). The molecule has 15 heavy (non-hydrogen) atoms. The fourth-order valence-corrected chi connectivity index (χ4v) is 1.63. The second-order valence-electron chi connectivity index (χ2n) is 3.97. The van der Waals surface area contributed by atoms with Crippen LogP contribution in [-0.2, 0) is 16.0 Å². The van der Waals surface area contributed by atoms with Crippen LogP contribution in [-0.4, -0.2) is 19.5 Å². The summed E-state index contributed by atoms with van der Waals surface area (Å²) in [4.78, 5) is 11.6. The Morgan fingerprint density at radius 1 is 1.33 bits per heavy atom. The molecule has 0 heterocycles. The summed E-state index contributed by atoms with van der Waals surface area (Å²) in [5.74, 6) is 0.594. The maximum atomic E-state index is 11.6. The maximum absolute atomic E-state index is 11.6. The van der Waals surface area contributed by atoms with E-state index in [-0.39, 0.29) is 5.78 Å². The normalized spacial score (nSPS) is 12.4. The van der Waals surface area contributed by atoms with Gasteiger partial charge in [0.2, 0.25) is 0 Å². The summed E-state index contributed by atoms with van der Waals surface area (Å²) in [6.07, 6.45) is 1.14. The highest BCUT2D eigenvalue weighted by molar-refractivity contribution is 5.81. The van der Waals surface area contributed by atoms with Gasteiger partial charge in [-0.3, -0.25) is 4.79 Å². The van der Waals surface area contributed by atoms with Crippen molar-refractivity contribution >= 4 is 5.78 Å². The molecule has 2 nitrogen and oxygen atoms in total. The molecule has 0 bridgehead atoms. The van der Waals surface area contributed by atoms with Gasteiger partial charge in [-0.2, -0.15) is 0 Å². The molecular weight excluding hydrogens is 188 g/mol. The van der Waals surface area contributed by atoms with Crippen molar-refractivity contribution in [2.24, 2.45) is 5.92 Å². The zero-order valence-electron chi connectivity index (χ0n) is 9.40. The molecule has 0 aliphatic rings. The summed E-state index contributed by atoms with van der Waals surface area (Å²) in [7, 11) is 1.66. The number of carbonyl (C=O) groups excluding carboxylic acids is 1. The Hall–Kier alpha value is -1.15. The number of benzene rings is 1. The molecule has 1 atom stereocenters. The van der Waals surface area contributed by atoms with Crippen molar-refractivity contribution in [2.75, 3.05) is 13.7 Å². The molecule has 2 heteroatoms. The van der Waals surface area contributed by atoms with Crippen LogP contribution < -0.4 is 0 Å². The summed E-state index contributed by atoms with van der Waals surface area (Å²) in [6, 6.07) is 9.85. The summed E-state index contributed by atoms with van der Waals surface area (Å²) in [6.45, 7) is 2.69.